The molecule has 0 spiro atoms. The van der Waals surface area contributed by atoms with Crippen LogP contribution in [0.1, 0.15) is 37.3 Å². The Balaban J connectivity index is 2.18. The summed E-state index contributed by atoms with van der Waals surface area (Å²) in [6.07, 6.45) is 0.126. The lowest BCUT2D eigenvalue weighted by Gasteiger charge is -2.21. The van der Waals surface area contributed by atoms with Gasteiger partial charge in [-0.1, -0.05) is 24.3 Å². The third-order valence-electron chi connectivity index (χ3n) is 5.00. The van der Waals surface area contributed by atoms with E-state index in [1.807, 2.05) is 24.3 Å². The molecule has 0 saturated carbocycles. The minimum Gasteiger partial charge on any atom is -0.495 e. The van der Waals surface area contributed by atoms with Gasteiger partial charge in [0.25, 0.3) is 0 Å². The van der Waals surface area contributed by atoms with Crippen molar-refractivity contribution < 1.29 is 18.7 Å². The van der Waals surface area contributed by atoms with Crippen LogP contribution in [0, 0.1) is 0 Å². The van der Waals surface area contributed by atoms with Crippen molar-refractivity contribution in [3.05, 3.63) is 70.1 Å². The predicted octanol–water partition coefficient (Wildman–Crippen LogP) is 3.90. The minimum absolute atomic E-state index is 0.0606. The largest absolute Gasteiger partial charge is 0.495 e. The molecular formula is C23H23NO5. The first-order chi connectivity index (χ1) is 13.8. The summed E-state index contributed by atoms with van der Waals surface area (Å²) >= 11 is 0. The smallest absolute Gasteiger partial charge is 0.343 e. The van der Waals surface area contributed by atoms with Gasteiger partial charge in [0.1, 0.15) is 17.1 Å². The van der Waals surface area contributed by atoms with Crippen LogP contribution in [0.25, 0.3) is 11.0 Å². The van der Waals surface area contributed by atoms with Crippen LogP contribution in [0.15, 0.2) is 57.7 Å². The molecule has 0 aliphatic heterocycles. The molecule has 0 saturated heterocycles. The molecule has 29 heavy (non-hydrogen) atoms. The normalized spacial score (nSPS) is 11.9. The number of carbonyl (C=O) groups is 2. The molecule has 0 aliphatic carbocycles. The number of hydrogen-bond donors (Lipinski definition) is 0. The number of hydrogen-bond acceptors (Lipinski definition) is 5. The summed E-state index contributed by atoms with van der Waals surface area (Å²) in [6, 6.07) is 14.3. The zero-order valence-electron chi connectivity index (χ0n) is 16.9. The number of para-hydroxylation sites is 1. The summed E-state index contributed by atoms with van der Waals surface area (Å²) in [6.45, 7) is 2.97. The SMILES string of the molecule is COc1c(C(CC(C)=O)c2ccc(N(C)C(C)=O)cc2)c(=O)oc2ccccc12. The van der Waals surface area contributed by atoms with E-state index in [0.29, 0.717) is 22.3 Å². The fraction of sp³-hybridized carbons (Fsp3) is 0.261. The lowest BCUT2D eigenvalue weighted by atomic mass is 9.87. The van der Waals surface area contributed by atoms with Crippen LogP contribution < -0.4 is 15.3 Å². The Bertz CT molecular complexity index is 1110. The van der Waals surface area contributed by atoms with Crippen LogP contribution in [0.2, 0.25) is 0 Å². The fourth-order valence-corrected chi connectivity index (χ4v) is 3.44. The molecular weight excluding hydrogens is 370 g/mol. The van der Waals surface area contributed by atoms with Gasteiger partial charge in [0, 0.05) is 32.0 Å². The molecule has 6 heteroatoms. The van der Waals surface area contributed by atoms with Gasteiger partial charge in [-0.25, -0.2) is 4.79 Å². The van der Waals surface area contributed by atoms with E-state index < -0.39 is 11.5 Å². The van der Waals surface area contributed by atoms with Crippen LogP contribution in [0.3, 0.4) is 0 Å². The summed E-state index contributed by atoms with van der Waals surface area (Å²) < 4.78 is 11.1. The number of methoxy groups -OCH3 is 1. The van der Waals surface area contributed by atoms with E-state index in [1.165, 1.54) is 25.9 Å². The van der Waals surface area contributed by atoms with Gasteiger partial charge in [-0.15, -0.1) is 0 Å². The van der Waals surface area contributed by atoms with E-state index in [9.17, 15) is 14.4 Å². The predicted molar refractivity (Wildman–Crippen MR) is 112 cm³/mol. The Hall–Kier alpha value is -3.41. The van der Waals surface area contributed by atoms with E-state index in [4.69, 9.17) is 9.15 Å². The lowest BCUT2D eigenvalue weighted by molar-refractivity contribution is -0.117. The lowest BCUT2D eigenvalue weighted by Crippen LogP contribution is -2.23. The number of ether oxygens (including phenoxy) is 1. The molecule has 1 unspecified atom stereocenters. The highest BCUT2D eigenvalue weighted by atomic mass is 16.5. The first kappa shape index (κ1) is 20.3. The maximum absolute atomic E-state index is 12.9. The molecule has 1 aromatic heterocycles. The fourth-order valence-electron chi connectivity index (χ4n) is 3.44. The van der Waals surface area contributed by atoms with Crippen molar-refractivity contribution in [3.8, 4) is 5.75 Å². The van der Waals surface area contributed by atoms with Crippen molar-refractivity contribution >= 4 is 28.3 Å². The molecule has 6 nitrogen and oxygen atoms in total. The molecule has 3 aromatic rings. The summed E-state index contributed by atoms with van der Waals surface area (Å²) in [5, 5.41) is 0.672. The zero-order valence-corrected chi connectivity index (χ0v) is 16.9. The highest BCUT2D eigenvalue weighted by Crippen LogP contribution is 2.37. The number of rotatable bonds is 6. The molecule has 1 heterocycles. The third kappa shape index (κ3) is 4.06. The van der Waals surface area contributed by atoms with Crippen molar-refractivity contribution in [2.75, 3.05) is 19.1 Å². The van der Waals surface area contributed by atoms with E-state index >= 15 is 0 Å². The molecule has 2 aromatic carbocycles. The van der Waals surface area contributed by atoms with Crippen molar-refractivity contribution in [1.29, 1.82) is 0 Å². The van der Waals surface area contributed by atoms with Crippen LogP contribution in [0.5, 0.6) is 5.75 Å². The molecule has 1 amide bonds. The second-order valence-corrected chi connectivity index (χ2v) is 6.96. The van der Waals surface area contributed by atoms with E-state index in [1.54, 1.807) is 31.3 Å². The molecule has 1 atom stereocenters. The number of Topliss-reactive ketones (excluding diaryl/α,β-unsaturated/α-hetero) is 1. The minimum atomic E-state index is -0.531. The van der Waals surface area contributed by atoms with Gasteiger partial charge >= 0.3 is 5.63 Å². The topological polar surface area (TPSA) is 76.8 Å². The van der Waals surface area contributed by atoms with Crippen LogP contribution in [-0.2, 0) is 9.59 Å². The summed E-state index contributed by atoms with van der Waals surface area (Å²) in [4.78, 5) is 38.0. The van der Waals surface area contributed by atoms with E-state index in [-0.39, 0.29) is 18.1 Å². The van der Waals surface area contributed by atoms with Gasteiger partial charge in [0.2, 0.25) is 5.91 Å². The molecule has 0 aliphatic rings. The molecule has 0 radical (unpaired) electrons. The Morgan fingerprint density at radius 1 is 1.07 bits per heavy atom. The average Bonchev–Trinajstić information content (AvgIpc) is 2.70. The molecule has 0 fully saturated rings. The number of fused-ring (bicyclic) bond motifs is 1. The number of amides is 1. The maximum atomic E-state index is 12.9. The van der Waals surface area contributed by atoms with Gasteiger partial charge in [-0.2, -0.15) is 0 Å². The van der Waals surface area contributed by atoms with E-state index in [0.717, 1.165) is 11.3 Å². The highest BCUT2D eigenvalue weighted by molar-refractivity contribution is 5.91. The second kappa shape index (κ2) is 8.31. The van der Waals surface area contributed by atoms with Crippen LogP contribution in [0.4, 0.5) is 5.69 Å². The first-order valence-electron chi connectivity index (χ1n) is 9.27. The summed E-state index contributed by atoms with van der Waals surface area (Å²) in [5.74, 6) is -0.266. The number of anilines is 1. The molecule has 3 rings (SSSR count). The zero-order chi connectivity index (χ0) is 21.1. The van der Waals surface area contributed by atoms with Gasteiger partial charge < -0.3 is 14.1 Å². The summed E-state index contributed by atoms with van der Waals surface area (Å²) in [5.41, 5.74) is 1.70. The highest BCUT2D eigenvalue weighted by Gasteiger charge is 2.27. The third-order valence-corrected chi connectivity index (χ3v) is 5.00. The van der Waals surface area contributed by atoms with Gasteiger partial charge in [-0.05, 0) is 36.8 Å². The van der Waals surface area contributed by atoms with Crippen molar-refractivity contribution in [2.24, 2.45) is 0 Å². The van der Waals surface area contributed by atoms with Crippen molar-refractivity contribution in [2.45, 2.75) is 26.2 Å². The number of carbonyl (C=O) groups excluding carboxylic acids is 2. The number of ketones is 1. The Labute approximate surface area is 168 Å². The Morgan fingerprint density at radius 3 is 2.31 bits per heavy atom. The number of benzene rings is 2. The van der Waals surface area contributed by atoms with Crippen LogP contribution >= 0.6 is 0 Å². The Morgan fingerprint density at radius 2 is 1.72 bits per heavy atom. The quantitative estimate of drug-likeness (QED) is 0.594. The van der Waals surface area contributed by atoms with Gasteiger partial charge in [-0.3, -0.25) is 9.59 Å². The maximum Gasteiger partial charge on any atom is 0.343 e. The monoisotopic (exact) mass is 393 g/mol. The van der Waals surface area contributed by atoms with Gasteiger partial charge in [0.05, 0.1) is 18.1 Å². The second-order valence-electron chi connectivity index (χ2n) is 6.96. The van der Waals surface area contributed by atoms with Gasteiger partial charge in [0.15, 0.2) is 0 Å². The van der Waals surface area contributed by atoms with Crippen molar-refractivity contribution in [1.82, 2.24) is 0 Å². The van der Waals surface area contributed by atoms with Crippen molar-refractivity contribution in [3.63, 3.8) is 0 Å². The molecule has 0 N–H and O–H groups in total. The first-order valence-corrected chi connectivity index (χ1v) is 9.27. The Kier molecular flexibility index (Phi) is 5.82. The summed E-state index contributed by atoms with van der Waals surface area (Å²) in [7, 11) is 3.19. The number of nitrogens with zero attached hydrogens (tertiary/aromatic N) is 1. The molecule has 150 valence electrons. The van der Waals surface area contributed by atoms with E-state index in [2.05, 4.69) is 0 Å². The van der Waals surface area contributed by atoms with Crippen LogP contribution in [-0.4, -0.2) is 25.8 Å². The molecule has 0 bridgehead atoms. The standard InChI is InChI=1S/C23H23NO5/c1-14(25)13-19(16-9-11-17(12-10-16)24(3)15(2)26)21-22(28-4)18-7-5-6-8-20(18)29-23(21)27/h5-12,19H,13H2,1-4H3. The average molecular weight is 393 g/mol.